The Kier molecular flexibility index (Phi) is 2.45. The van der Waals surface area contributed by atoms with E-state index in [0.29, 0.717) is 6.54 Å². The van der Waals surface area contributed by atoms with Crippen LogP contribution >= 0.6 is 11.3 Å². The van der Waals surface area contributed by atoms with Crippen LogP contribution in [-0.2, 0) is 6.54 Å². The first-order chi connectivity index (χ1) is 6.75. The molecule has 2 aromatic rings. The lowest BCUT2D eigenvalue weighted by atomic mass is 10.2. The molecule has 0 saturated carbocycles. The fourth-order valence-corrected chi connectivity index (χ4v) is 1.88. The largest absolute Gasteiger partial charge is 0.292 e. The van der Waals surface area contributed by atoms with Crippen molar-refractivity contribution >= 4 is 17.1 Å². The Balaban J connectivity index is 2.09. The van der Waals surface area contributed by atoms with Crippen LogP contribution in [0, 0.1) is 6.92 Å². The van der Waals surface area contributed by atoms with Gasteiger partial charge in [0, 0.05) is 17.1 Å². The molecule has 0 aromatic carbocycles. The van der Waals surface area contributed by atoms with Gasteiger partial charge in [-0.1, -0.05) is 0 Å². The minimum absolute atomic E-state index is 0.106. The third kappa shape index (κ3) is 1.90. The van der Waals surface area contributed by atoms with Gasteiger partial charge in [-0.25, -0.2) is 0 Å². The van der Waals surface area contributed by atoms with Crippen LogP contribution in [0.15, 0.2) is 29.2 Å². The van der Waals surface area contributed by atoms with E-state index in [1.165, 1.54) is 11.3 Å². The van der Waals surface area contributed by atoms with Crippen LogP contribution in [0.4, 0.5) is 0 Å². The number of carbonyl (C=O) groups is 1. The Labute approximate surface area is 86.0 Å². The minimum Gasteiger partial charge on any atom is -0.292 e. The van der Waals surface area contributed by atoms with Crippen LogP contribution in [0.1, 0.15) is 15.9 Å². The number of hydrogen-bond donors (Lipinski definition) is 0. The summed E-state index contributed by atoms with van der Waals surface area (Å²) in [5.41, 5.74) is 1.84. The number of aryl methyl sites for hydroxylation is 1. The summed E-state index contributed by atoms with van der Waals surface area (Å²) in [6.45, 7) is 2.28. The van der Waals surface area contributed by atoms with E-state index >= 15 is 0 Å². The van der Waals surface area contributed by atoms with Crippen molar-refractivity contribution in [3.63, 3.8) is 0 Å². The first-order valence-corrected chi connectivity index (χ1v) is 5.24. The number of rotatable bonds is 3. The summed E-state index contributed by atoms with van der Waals surface area (Å²) in [5, 5.41) is 7.83. The van der Waals surface area contributed by atoms with Gasteiger partial charge in [0.25, 0.3) is 0 Å². The third-order valence-corrected chi connectivity index (χ3v) is 2.59. The lowest BCUT2D eigenvalue weighted by Crippen LogP contribution is -2.09. The summed E-state index contributed by atoms with van der Waals surface area (Å²) >= 11 is 1.53. The number of ketones is 1. The van der Waals surface area contributed by atoms with Gasteiger partial charge in [-0.3, -0.25) is 9.48 Å². The molecule has 0 aliphatic rings. The van der Waals surface area contributed by atoms with E-state index in [0.717, 1.165) is 11.1 Å². The molecule has 0 radical (unpaired) electrons. The van der Waals surface area contributed by atoms with Crippen LogP contribution in [0.25, 0.3) is 0 Å². The van der Waals surface area contributed by atoms with Gasteiger partial charge in [0.1, 0.15) is 6.54 Å². The Morgan fingerprint density at radius 1 is 1.64 bits per heavy atom. The maximum atomic E-state index is 11.6. The van der Waals surface area contributed by atoms with E-state index < -0.39 is 0 Å². The van der Waals surface area contributed by atoms with E-state index in [-0.39, 0.29) is 5.78 Å². The molecule has 3 nitrogen and oxygen atoms in total. The summed E-state index contributed by atoms with van der Waals surface area (Å²) in [6.07, 6.45) is 3.62. The van der Waals surface area contributed by atoms with Crippen LogP contribution in [-0.4, -0.2) is 15.6 Å². The summed E-state index contributed by atoms with van der Waals surface area (Å²) in [7, 11) is 0. The summed E-state index contributed by atoms with van der Waals surface area (Å²) in [6, 6.07) is 1.84. The Morgan fingerprint density at radius 3 is 3.07 bits per heavy atom. The number of nitrogens with zero attached hydrogens (tertiary/aromatic N) is 2. The molecule has 0 bridgehead atoms. The highest BCUT2D eigenvalue weighted by atomic mass is 32.1. The van der Waals surface area contributed by atoms with Gasteiger partial charge in [-0.05, 0) is 23.9 Å². The average Bonchev–Trinajstić information content (AvgIpc) is 2.75. The number of thiophene rings is 1. The Morgan fingerprint density at radius 2 is 2.50 bits per heavy atom. The highest BCUT2D eigenvalue weighted by molar-refractivity contribution is 7.08. The second-order valence-electron chi connectivity index (χ2n) is 3.15. The monoisotopic (exact) mass is 206 g/mol. The number of aromatic nitrogens is 2. The summed E-state index contributed by atoms with van der Waals surface area (Å²) < 4.78 is 1.66. The van der Waals surface area contributed by atoms with E-state index in [2.05, 4.69) is 5.10 Å². The van der Waals surface area contributed by atoms with Gasteiger partial charge < -0.3 is 0 Å². The maximum absolute atomic E-state index is 11.6. The van der Waals surface area contributed by atoms with Crippen molar-refractivity contribution in [2.24, 2.45) is 0 Å². The summed E-state index contributed by atoms with van der Waals surface area (Å²) in [5.74, 6) is 0.106. The lowest BCUT2D eigenvalue weighted by Gasteiger charge is -1.97. The molecule has 0 spiro atoms. The third-order valence-electron chi connectivity index (χ3n) is 1.91. The first kappa shape index (κ1) is 9.15. The predicted molar refractivity (Wildman–Crippen MR) is 55.6 cm³/mol. The number of carbonyl (C=O) groups excluding carboxylic acids is 1. The normalized spacial score (nSPS) is 10.4. The molecule has 72 valence electrons. The van der Waals surface area contributed by atoms with Crippen molar-refractivity contribution in [2.45, 2.75) is 13.5 Å². The van der Waals surface area contributed by atoms with Crippen LogP contribution in [0.3, 0.4) is 0 Å². The molecule has 14 heavy (non-hydrogen) atoms. The standard InChI is InChI=1S/C10H10N2OS/c1-8-4-11-12(5-8)6-10(13)9-2-3-14-7-9/h2-5,7H,6H2,1H3. The zero-order valence-corrected chi connectivity index (χ0v) is 8.62. The molecule has 4 heteroatoms. The number of hydrogen-bond acceptors (Lipinski definition) is 3. The molecule has 2 rings (SSSR count). The van der Waals surface area contributed by atoms with Gasteiger partial charge >= 0.3 is 0 Å². The van der Waals surface area contributed by atoms with Crippen molar-refractivity contribution in [3.8, 4) is 0 Å². The number of Topliss-reactive ketones (excluding diaryl/α,β-unsaturated/α-hetero) is 1. The topological polar surface area (TPSA) is 34.9 Å². The zero-order chi connectivity index (χ0) is 9.97. The smallest absolute Gasteiger partial charge is 0.185 e. The van der Waals surface area contributed by atoms with Crippen molar-refractivity contribution in [1.82, 2.24) is 9.78 Å². The molecule has 0 fully saturated rings. The van der Waals surface area contributed by atoms with Crippen LogP contribution in [0.2, 0.25) is 0 Å². The molecule has 0 unspecified atom stereocenters. The molecule has 0 amide bonds. The predicted octanol–water partition coefficient (Wildman–Crippen LogP) is 2.14. The minimum atomic E-state index is 0.106. The van der Waals surface area contributed by atoms with Crippen molar-refractivity contribution in [2.75, 3.05) is 0 Å². The van der Waals surface area contributed by atoms with E-state index in [9.17, 15) is 4.79 Å². The van der Waals surface area contributed by atoms with Gasteiger partial charge in [0.05, 0.1) is 6.20 Å². The highest BCUT2D eigenvalue weighted by Gasteiger charge is 2.06. The zero-order valence-electron chi connectivity index (χ0n) is 7.80. The fraction of sp³-hybridized carbons (Fsp3) is 0.200. The van der Waals surface area contributed by atoms with Crippen molar-refractivity contribution < 1.29 is 4.79 Å². The summed E-state index contributed by atoms with van der Waals surface area (Å²) in [4.78, 5) is 11.6. The lowest BCUT2D eigenvalue weighted by molar-refractivity contribution is 0.0968. The van der Waals surface area contributed by atoms with Gasteiger partial charge in [-0.15, -0.1) is 0 Å². The average molecular weight is 206 g/mol. The first-order valence-electron chi connectivity index (χ1n) is 4.30. The molecule has 0 saturated heterocycles. The molecule has 2 heterocycles. The molecular formula is C10H10N2OS. The Bertz CT molecular complexity index is 431. The maximum Gasteiger partial charge on any atom is 0.185 e. The van der Waals surface area contributed by atoms with E-state index in [1.54, 1.807) is 10.9 Å². The van der Waals surface area contributed by atoms with Gasteiger partial charge in [-0.2, -0.15) is 16.4 Å². The van der Waals surface area contributed by atoms with Crippen LogP contribution < -0.4 is 0 Å². The molecule has 0 aliphatic heterocycles. The van der Waals surface area contributed by atoms with Crippen LogP contribution in [0.5, 0.6) is 0 Å². The van der Waals surface area contributed by atoms with E-state index in [1.807, 2.05) is 29.9 Å². The van der Waals surface area contributed by atoms with Crippen molar-refractivity contribution in [1.29, 1.82) is 0 Å². The molecular weight excluding hydrogens is 196 g/mol. The molecule has 0 aliphatic carbocycles. The molecule has 0 atom stereocenters. The SMILES string of the molecule is Cc1cnn(CC(=O)c2ccsc2)c1. The van der Waals surface area contributed by atoms with Crippen molar-refractivity contribution in [3.05, 3.63) is 40.3 Å². The molecule has 2 aromatic heterocycles. The quantitative estimate of drug-likeness (QED) is 0.721. The fourth-order valence-electron chi connectivity index (χ4n) is 1.21. The molecule has 0 N–H and O–H groups in total. The second kappa shape index (κ2) is 3.75. The second-order valence-corrected chi connectivity index (χ2v) is 3.93. The van der Waals surface area contributed by atoms with Gasteiger partial charge in [0.2, 0.25) is 0 Å². The Hall–Kier alpha value is -1.42. The van der Waals surface area contributed by atoms with Gasteiger partial charge in [0.15, 0.2) is 5.78 Å². The highest BCUT2D eigenvalue weighted by Crippen LogP contribution is 2.08. The van der Waals surface area contributed by atoms with E-state index in [4.69, 9.17) is 0 Å².